The summed E-state index contributed by atoms with van der Waals surface area (Å²) in [5.74, 6) is 0.0862. The Morgan fingerprint density at radius 2 is 2.05 bits per heavy atom. The van der Waals surface area contributed by atoms with Crippen LogP contribution in [0.1, 0.15) is 23.8 Å². The first-order valence-electron chi connectivity index (χ1n) is 6.36. The summed E-state index contributed by atoms with van der Waals surface area (Å²) in [6.45, 7) is 1.97. The summed E-state index contributed by atoms with van der Waals surface area (Å²) in [6, 6.07) is 10.6. The Bertz CT molecular complexity index is 589. The molecule has 0 saturated carbocycles. The van der Waals surface area contributed by atoms with Gasteiger partial charge in [-0.15, -0.1) is 11.3 Å². The molecular formula is C15H16N2O2S. The Hall–Kier alpha value is -2.14. The molecule has 0 aliphatic carbocycles. The number of aromatic hydroxyl groups is 1. The lowest BCUT2D eigenvalue weighted by atomic mass is 10.1. The van der Waals surface area contributed by atoms with E-state index in [1.165, 1.54) is 0 Å². The van der Waals surface area contributed by atoms with Crippen LogP contribution in [-0.2, 0) is 11.2 Å². The molecule has 2 aromatic rings. The van der Waals surface area contributed by atoms with Crippen molar-refractivity contribution in [2.45, 2.75) is 19.8 Å². The van der Waals surface area contributed by atoms with E-state index in [4.69, 9.17) is 0 Å². The quantitative estimate of drug-likeness (QED) is 0.656. The molecule has 0 unspecified atom stereocenters. The summed E-state index contributed by atoms with van der Waals surface area (Å²) >= 11 is 1.55. The molecule has 1 aromatic carbocycles. The summed E-state index contributed by atoms with van der Waals surface area (Å²) < 4.78 is 0. The number of thiophene rings is 1. The zero-order valence-corrected chi connectivity index (χ0v) is 12.0. The molecule has 4 nitrogen and oxygen atoms in total. The number of phenols is 1. The van der Waals surface area contributed by atoms with Crippen LogP contribution >= 0.6 is 11.3 Å². The standard InChI is InChI=1S/C15H16N2O2S/c1-2-14(11-5-7-12(18)8-6-11)16-17-15(19)10-13-4-3-9-20-13/h3-9,18H,2,10H2,1H3,(H,17,19)/b16-14-. The van der Waals surface area contributed by atoms with Crippen LogP contribution in [-0.4, -0.2) is 16.7 Å². The minimum atomic E-state index is -0.128. The average Bonchev–Trinajstić information content (AvgIpc) is 2.94. The van der Waals surface area contributed by atoms with Gasteiger partial charge in [0.05, 0.1) is 12.1 Å². The molecule has 0 saturated heterocycles. The summed E-state index contributed by atoms with van der Waals surface area (Å²) in [6.07, 6.45) is 1.04. The van der Waals surface area contributed by atoms with Crippen molar-refractivity contribution >= 4 is 23.0 Å². The number of hydrogen-bond acceptors (Lipinski definition) is 4. The lowest BCUT2D eigenvalue weighted by molar-refractivity contribution is -0.120. The topological polar surface area (TPSA) is 61.7 Å². The normalized spacial score (nSPS) is 11.3. The Morgan fingerprint density at radius 3 is 2.65 bits per heavy atom. The first kappa shape index (κ1) is 14.3. The Labute approximate surface area is 121 Å². The molecule has 0 radical (unpaired) electrons. The molecule has 0 aliphatic rings. The van der Waals surface area contributed by atoms with Gasteiger partial charge < -0.3 is 5.11 Å². The van der Waals surface area contributed by atoms with Gasteiger partial charge in [-0.1, -0.05) is 13.0 Å². The van der Waals surface area contributed by atoms with Crippen LogP contribution in [0.25, 0.3) is 0 Å². The Balaban J connectivity index is 2.00. The van der Waals surface area contributed by atoms with Crippen LogP contribution in [0, 0.1) is 0 Å². The molecule has 2 N–H and O–H groups in total. The third-order valence-corrected chi connectivity index (χ3v) is 3.64. The lowest BCUT2D eigenvalue weighted by Crippen LogP contribution is -2.21. The predicted molar refractivity (Wildman–Crippen MR) is 81.1 cm³/mol. The lowest BCUT2D eigenvalue weighted by Gasteiger charge is -2.05. The second-order valence-electron chi connectivity index (χ2n) is 4.25. The van der Waals surface area contributed by atoms with Crippen molar-refractivity contribution < 1.29 is 9.90 Å². The summed E-state index contributed by atoms with van der Waals surface area (Å²) in [5.41, 5.74) is 4.25. The summed E-state index contributed by atoms with van der Waals surface area (Å²) in [7, 11) is 0. The predicted octanol–water partition coefficient (Wildman–Crippen LogP) is 2.93. The minimum absolute atomic E-state index is 0.128. The van der Waals surface area contributed by atoms with Crippen molar-refractivity contribution in [1.29, 1.82) is 0 Å². The number of amides is 1. The molecule has 1 aromatic heterocycles. The molecule has 2 rings (SSSR count). The highest BCUT2D eigenvalue weighted by Crippen LogP contribution is 2.12. The maximum absolute atomic E-state index is 11.8. The van der Waals surface area contributed by atoms with Crippen molar-refractivity contribution in [2.24, 2.45) is 5.10 Å². The van der Waals surface area contributed by atoms with Gasteiger partial charge in [-0.05, 0) is 47.7 Å². The van der Waals surface area contributed by atoms with Crippen molar-refractivity contribution in [2.75, 3.05) is 0 Å². The Kier molecular flexibility index (Phi) is 4.90. The van der Waals surface area contributed by atoms with Crippen LogP contribution in [0.4, 0.5) is 0 Å². The van der Waals surface area contributed by atoms with Gasteiger partial charge in [0, 0.05) is 4.88 Å². The van der Waals surface area contributed by atoms with E-state index in [1.54, 1.807) is 35.6 Å². The molecule has 0 atom stereocenters. The number of nitrogens with one attached hydrogen (secondary N) is 1. The van der Waals surface area contributed by atoms with Crippen molar-refractivity contribution in [3.8, 4) is 5.75 Å². The zero-order chi connectivity index (χ0) is 14.4. The highest BCUT2D eigenvalue weighted by molar-refractivity contribution is 7.10. The molecular weight excluding hydrogens is 272 g/mol. The maximum atomic E-state index is 11.8. The third kappa shape index (κ3) is 3.93. The van der Waals surface area contributed by atoms with Crippen LogP contribution in [0.15, 0.2) is 46.9 Å². The van der Waals surface area contributed by atoms with Crippen molar-refractivity contribution in [3.63, 3.8) is 0 Å². The number of carbonyl (C=O) groups excluding carboxylic acids is 1. The molecule has 5 heteroatoms. The SMILES string of the molecule is CC/C(=N/NC(=O)Cc1cccs1)c1ccc(O)cc1. The van der Waals surface area contributed by atoms with E-state index in [1.807, 2.05) is 24.4 Å². The van der Waals surface area contributed by atoms with E-state index >= 15 is 0 Å². The number of carbonyl (C=O) groups is 1. The molecule has 0 bridgehead atoms. The smallest absolute Gasteiger partial charge is 0.245 e. The first-order valence-corrected chi connectivity index (χ1v) is 7.24. The van der Waals surface area contributed by atoms with E-state index in [-0.39, 0.29) is 11.7 Å². The monoisotopic (exact) mass is 288 g/mol. The van der Waals surface area contributed by atoms with Crippen molar-refractivity contribution in [1.82, 2.24) is 5.43 Å². The first-order chi connectivity index (χ1) is 9.69. The van der Waals surface area contributed by atoms with Crippen LogP contribution in [0.5, 0.6) is 5.75 Å². The number of hydrogen-bond donors (Lipinski definition) is 2. The van der Waals surface area contributed by atoms with Crippen molar-refractivity contribution in [3.05, 3.63) is 52.2 Å². The summed E-state index contributed by atoms with van der Waals surface area (Å²) in [4.78, 5) is 12.8. The number of hydrazone groups is 1. The third-order valence-electron chi connectivity index (χ3n) is 2.77. The highest BCUT2D eigenvalue weighted by Gasteiger charge is 2.05. The molecule has 0 spiro atoms. The molecule has 1 heterocycles. The van der Waals surface area contributed by atoms with E-state index in [9.17, 15) is 9.90 Å². The molecule has 20 heavy (non-hydrogen) atoms. The number of nitrogens with zero attached hydrogens (tertiary/aromatic N) is 1. The second-order valence-corrected chi connectivity index (χ2v) is 5.28. The Morgan fingerprint density at radius 1 is 1.30 bits per heavy atom. The highest BCUT2D eigenvalue weighted by atomic mass is 32.1. The van der Waals surface area contributed by atoms with Gasteiger partial charge in [-0.2, -0.15) is 5.10 Å². The van der Waals surface area contributed by atoms with Gasteiger partial charge in [0.15, 0.2) is 0 Å². The number of benzene rings is 1. The molecule has 104 valence electrons. The fraction of sp³-hybridized carbons (Fsp3) is 0.200. The fourth-order valence-electron chi connectivity index (χ4n) is 1.74. The average molecular weight is 288 g/mol. The van der Waals surface area contributed by atoms with Gasteiger partial charge in [0.2, 0.25) is 5.91 Å². The van der Waals surface area contributed by atoms with Crippen LogP contribution in [0.3, 0.4) is 0 Å². The van der Waals surface area contributed by atoms with E-state index < -0.39 is 0 Å². The minimum Gasteiger partial charge on any atom is -0.508 e. The maximum Gasteiger partial charge on any atom is 0.245 e. The van der Waals surface area contributed by atoms with Gasteiger partial charge in [-0.3, -0.25) is 4.79 Å². The van der Waals surface area contributed by atoms with Gasteiger partial charge in [0.25, 0.3) is 0 Å². The number of phenolic OH excluding ortho intramolecular Hbond substituents is 1. The van der Waals surface area contributed by atoms with Crippen LogP contribution in [0.2, 0.25) is 0 Å². The molecule has 1 amide bonds. The molecule has 0 fully saturated rings. The van der Waals surface area contributed by atoms with E-state index in [0.29, 0.717) is 12.8 Å². The second kappa shape index (κ2) is 6.86. The largest absolute Gasteiger partial charge is 0.508 e. The zero-order valence-electron chi connectivity index (χ0n) is 11.2. The van der Waals surface area contributed by atoms with Crippen LogP contribution < -0.4 is 5.43 Å². The van der Waals surface area contributed by atoms with Gasteiger partial charge >= 0.3 is 0 Å². The van der Waals surface area contributed by atoms with Gasteiger partial charge in [-0.25, -0.2) is 5.43 Å². The fourth-order valence-corrected chi connectivity index (χ4v) is 2.45. The van der Waals surface area contributed by atoms with E-state index in [0.717, 1.165) is 16.2 Å². The molecule has 0 aliphatic heterocycles. The number of rotatable bonds is 5. The summed E-state index contributed by atoms with van der Waals surface area (Å²) in [5, 5.41) is 15.4. The van der Waals surface area contributed by atoms with Gasteiger partial charge in [0.1, 0.15) is 5.75 Å². The van der Waals surface area contributed by atoms with E-state index in [2.05, 4.69) is 10.5 Å².